The number of hydrogen-bond acceptors (Lipinski definition) is 5. The van der Waals surface area contributed by atoms with Gasteiger partial charge in [-0.3, -0.25) is 4.79 Å². The number of benzene rings is 4. The van der Waals surface area contributed by atoms with Crippen molar-refractivity contribution >= 4 is 39.9 Å². The monoisotopic (exact) mass is 451 g/mol. The van der Waals surface area contributed by atoms with E-state index in [1.54, 1.807) is 47.3 Å². The van der Waals surface area contributed by atoms with Crippen LogP contribution in [0.25, 0.3) is 22.5 Å². The first kappa shape index (κ1) is 20.6. The summed E-state index contributed by atoms with van der Waals surface area (Å²) in [7, 11) is 0. The largest absolute Gasteiger partial charge is 0.361 e. The first-order valence-electron chi connectivity index (χ1n) is 10.3. The minimum atomic E-state index is -0.116. The topological polar surface area (TPSA) is 72.7 Å². The molecule has 0 unspecified atom stereocenters. The fraction of sp³-hybridized carbons (Fsp3) is 0. The van der Waals surface area contributed by atoms with E-state index in [0.717, 1.165) is 16.5 Å². The van der Waals surface area contributed by atoms with Gasteiger partial charge in [-0.15, -0.1) is 5.10 Å². The van der Waals surface area contributed by atoms with Crippen LogP contribution in [0.2, 0.25) is 5.02 Å². The molecule has 0 atom stereocenters. The van der Waals surface area contributed by atoms with Crippen LogP contribution in [0.1, 0.15) is 21.7 Å². The third kappa shape index (κ3) is 4.37. The number of aromatic nitrogens is 4. The third-order valence-electron chi connectivity index (χ3n) is 5.20. The zero-order valence-corrected chi connectivity index (χ0v) is 18.1. The molecule has 4 aromatic carbocycles. The highest BCUT2D eigenvalue weighted by Gasteiger charge is 2.14. The van der Waals surface area contributed by atoms with Crippen molar-refractivity contribution in [3.63, 3.8) is 0 Å². The first-order valence-corrected chi connectivity index (χ1v) is 10.7. The molecule has 0 radical (unpaired) electrons. The maximum Gasteiger partial charge on any atom is 0.195 e. The van der Waals surface area contributed by atoms with Crippen LogP contribution in [0, 0.1) is 0 Å². The van der Waals surface area contributed by atoms with Gasteiger partial charge in [-0.2, -0.15) is 4.68 Å². The van der Waals surface area contributed by atoms with Gasteiger partial charge < -0.3 is 5.32 Å². The van der Waals surface area contributed by atoms with E-state index in [1.807, 2.05) is 54.6 Å². The molecule has 33 heavy (non-hydrogen) atoms. The average Bonchev–Trinajstić information content (AvgIpc) is 3.33. The Morgan fingerprint density at radius 1 is 0.879 bits per heavy atom. The molecule has 0 spiro atoms. The van der Waals surface area contributed by atoms with Gasteiger partial charge in [-0.05, 0) is 51.5 Å². The van der Waals surface area contributed by atoms with Gasteiger partial charge in [-0.1, -0.05) is 72.3 Å². The molecule has 7 heteroatoms. The van der Waals surface area contributed by atoms with E-state index in [4.69, 9.17) is 11.6 Å². The number of carbonyl (C=O) groups excluding carboxylic acids is 1. The average molecular weight is 452 g/mol. The molecule has 0 amide bonds. The molecule has 5 aromatic rings. The number of tetrazole rings is 1. The van der Waals surface area contributed by atoms with Gasteiger partial charge >= 0.3 is 0 Å². The van der Waals surface area contributed by atoms with Gasteiger partial charge in [0, 0.05) is 34.1 Å². The minimum absolute atomic E-state index is 0.116. The maximum atomic E-state index is 13.0. The van der Waals surface area contributed by atoms with Crippen molar-refractivity contribution in [2.45, 2.75) is 0 Å². The lowest BCUT2D eigenvalue weighted by Crippen LogP contribution is -2.05. The van der Waals surface area contributed by atoms with E-state index in [2.05, 4.69) is 26.9 Å². The van der Waals surface area contributed by atoms with Crippen LogP contribution in [0.4, 0.5) is 5.69 Å². The van der Waals surface area contributed by atoms with Crippen molar-refractivity contribution in [2.24, 2.45) is 0 Å². The van der Waals surface area contributed by atoms with Crippen molar-refractivity contribution in [3.8, 4) is 5.69 Å². The number of halogens is 1. The Morgan fingerprint density at radius 3 is 2.52 bits per heavy atom. The van der Waals surface area contributed by atoms with Crippen molar-refractivity contribution in [2.75, 3.05) is 5.32 Å². The Balaban J connectivity index is 1.41. The molecule has 1 heterocycles. The van der Waals surface area contributed by atoms with Crippen molar-refractivity contribution < 1.29 is 4.79 Å². The van der Waals surface area contributed by atoms with Gasteiger partial charge in [0.2, 0.25) is 0 Å². The summed E-state index contributed by atoms with van der Waals surface area (Å²) >= 11 is 6.17. The highest BCUT2D eigenvalue weighted by atomic mass is 35.5. The Hall–Kier alpha value is -4.29. The summed E-state index contributed by atoms with van der Waals surface area (Å²) < 4.78 is 1.66. The first-order chi connectivity index (χ1) is 16.2. The smallest absolute Gasteiger partial charge is 0.195 e. The number of hydrogen-bond donors (Lipinski definition) is 1. The van der Waals surface area contributed by atoms with E-state index in [-0.39, 0.29) is 5.78 Å². The van der Waals surface area contributed by atoms with Crippen LogP contribution < -0.4 is 5.32 Å². The Kier molecular flexibility index (Phi) is 5.66. The van der Waals surface area contributed by atoms with E-state index < -0.39 is 0 Å². The SMILES string of the molecule is O=C(c1ccccc1)c1cc(Cl)ccc1N/C=C\c1nnnn1-c1ccc2ccccc2c1. The highest BCUT2D eigenvalue weighted by Crippen LogP contribution is 2.24. The molecule has 1 N–H and O–H groups in total. The molecule has 1 aromatic heterocycles. The van der Waals surface area contributed by atoms with Gasteiger partial charge in [0.1, 0.15) is 0 Å². The molecule has 6 nitrogen and oxygen atoms in total. The third-order valence-corrected chi connectivity index (χ3v) is 5.44. The molecule has 0 fully saturated rings. The number of anilines is 1. The molecule has 0 bridgehead atoms. The standard InChI is InChI=1S/C26H18ClN5O/c27-21-11-13-24(23(17-21)26(33)19-7-2-1-3-8-19)28-15-14-25-29-30-31-32(25)22-12-10-18-6-4-5-9-20(18)16-22/h1-17,28H/b15-14-. The summed E-state index contributed by atoms with van der Waals surface area (Å²) in [6.07, 6.45) is 3.45. The number of fused-ring (bicyclic) bond motifs is 1. The molecule has 5 rings (SSSR count). The molecule has 0 saturated heterocycles. The van der Waals surface area contributed by atoms with Gasteiger partial charge in [0.05, 0.1) is 5.69 Å². The van der Waals surface area contributed by atoms with Crippen LogP contribution in [0.15, 0.2) is 97.2 Å². The summed E-state index contributed by atoms with van der Waals surface area (Å²) in [5, 5.41) is 17.9. The lowest BCUT2D eigenvalue weighted by atomic mass is 10.0. The van der Waals surface area contributed by atoms with Gasteiger partial charge in [0.15, 0.2) is 11.6 Å². The van der Waals surface area contributed by atoms with E-state index in [0.29, 0.717) is 27.7 Å². The lowest BCUT2D eigenvalue weighted by molar-refractivity contribution is 0.103. The number of nitrogens with zero attached hydrogens (tertiary/aromatic N) is 4. The van der Waals surface area contributed by atoms with E-state index >= 15 is 0 Å². The molecular formula is C26H18ClN5O. The number of carbonyl (C=O) groups is 1. The van der Waals surface area contributed by atoms with Crippen LogP contribution in [0.5, 0.6) is 0 Å². The van der Waals surface area contributed by atoms with Crippen molar-refractivity contribution in [1.29, 1.82) is 0 Å². The van der Waals surface area contributed by atoms with Crippen LogP contribution in [-0.4, -0.2) is 26.0 Å². The van der Waals surface area contributed by atoms with Crippen molar-refractivity contribution in [3.05, 3.63) is 119 Å². The van der Waals surface area contributed by atoms with Crippen molar-refractivity contribution in [1.82, 2.24) is 20.2 Å². The lowest BCUT2D eigenvalue weighted by Gasteiger charge is -2.09. The second-order valence-electron chi connectivity index (χ2n) is 7.34. The predicted molar refractivity (Wildman–Crippen MR) is 131 cm³/mol. The maximum absolute atomic E-state index is 13.0. The second kappa shape index (κ2) is 9.06. The molecule has 0 aliphatic carbocycles. The molecule has 0 aliphatic rings. The summed E-state index contributed by atoms with van der Waals surface area (Å²) in [5.41, 5.74) is 2.55. The molecular weight excluding hydrogens is 434 g/mol. The fourth-order valence-electron chi connectivity index (χ4n) is 3.57. The summed E-state index contributed by atoms with van der Waals surface area (Å²) in [6, 6.07) is 28.4. The van der Waals surface area contributed by atoms with E-state index in [1.165, 1.54) is 0 Å². The molecule has 160 valence electrons. The number of ketones is 1. The summed E-state index contributed by atoms with van der Waals surface area (Å²) in [4.78, 5) is 13.0. The molecule has 0 aliphatic heterocycles. The van der Waals surface area contributed by atoms with Gasteiger partial charge in [-0.25, -0.2) is 0 Å². The number of rotatable bonds is 6. The Bertz CT molecular complexity index is 1480. The normalized spacial score (nSPS) is 11.2. The Morgan fingerprint density at radius 2 is 1.67 bits per heavy atom. The minimum Gasteiger partial charge on any atom is -0.361 e. The van der Waals surface area contributed by atoms with Gasteiger partial charge in [0.25, 0.3) is 0 Å². The number of nitrogens with one attached hydrogen (secondary N) is 1. The fourth-order valence-corrected chi connectivity index (χ4v) is 3.74. The summed E-state index contributed by atoms with van der Waals surface area (Å²) in [6.45, 7) is 0. The quantitative estimate of drug-likeness (QED) is 0.331. The zero-order chi connectivity index (χ0) is 22.6. The highest BCUT2D eigenvalue weighted by molar-refractivity contribution is 6.31. The second-order valence-corrected chi connectivity index (χ2v) is 7.78. The zero-order valence-electron chi connectivity index (χ0n) is 17.4. The summed E-state index contributed by atoms with van der Waals surface area (Å²) in [5.74, 6) is 0.428. The predicted octanol–water partition coefficient (Wildman–Crippen LogP) is 5.78. The van der Waals surface area contributed by atoms with Crippen LogP contribution in [0.3, 0.4) is 0 Å². The van der Waals surface area contributed by atoms with Crippen LogP contribution in [-0.2, 0) is 0 Å². The van der Waals surface area contributed by atoms with Crippen LogP contribution >= 0.6 is 11.6 Å². The Labute approximate surface area is 195 Å². The molecule has 0 saturated carbocycles. The van der Waals surface area contributed by atoms with E-state index in [9.17, 15) is 4.79 Å².